The molecule has 2 aromatic rings. The Bertz CT molecular complexity index is 403. The average molecular weight is 239 g/mol. The van der Waals surface area contributed by atoms with Crippen molar-refractivity contribution in [3.05, 3.63) is 41.3 Å². The van der Waals surface area contributed by atoms with Crippen LogP contribution in [0.15, 0.2) is 45.7 Å². The topological polar surface area (TPSA) is 33.4 Å². The number of benzene rings is 1. The van der Waals surface area contributed by atoms with Gasteiger partial charge in [0, 0.05) is 5.56 Å². The third kappa shape index (κ3) is 1.75. The van der Waals surface area contributed by atoms with E-state index in [4.69, 9.17) is 9.52 Å². The van der Waals surface area contributed by atoms with Crippen LogP contribution in [-0.4, -0.2) is 5.11 Å². The minimum atomic E-state index is 0.270. The second kappa shape index (κ2) is 3.26. The van der Waals surface area contributed by atoms with Crippen molar-refractivity contribution in [3.8, 4) is 16.9 Å². The SMILES string of the molecule is Oc1ccc(-c2coc(Br)c2)cc1. The van der Waals surface area contributed by atoms with E-state index in [1.807, 2.05) is 18.2 Å². The molecule has 1 N–H and O–H groups in total. The van der Waals surface area contributed by atoms with E-state index in [1.165, 1.54) is 0 Å². The molecule has 0 unspecified atom stereocenters. The van der Waals surface area contributed by atoms with Crippen LogP contribution in [0.3, 0.4) is 0 Å². The lowest BCUT2D eigenvalue weighted by Crippen LogP contribution is -1.71. The first-order chi connectivity index (χ1) is 6.25. The van der Waals surface area contributed by atoms with Crippen molar-refractivity contribution in [3.63, 3.8) is 0 Å². The van der Waals surface area contributed by atoms with Gasteiger partial charge in [0.25, 0.3) is 0 Å². The molecule has 3 heteroatoms. The van der Waals surface area contributed by atoms with Gasteiger partial charge in [-0.15, -0.1) is 0 Å². The van der Waals surface area contributed by atoms with Gasteiger partial charge in [0.2, 0.25) is 0 Å². The summed E-state index contributed by atoms with van der Waals surface area (Å²) in [6.07, 6.45) is 1.66. The molecule has 0 fully saturated rings. The minimum Gasteiger partial charge on any atom is -0.508 e. The van der Waals surface area contributed by atoms with Crippen molar-refractivity contribution in [1.82, 2.24) is 0 Å². The summed E-state index contributed by atoms with van der Waals surface area (Å²) in [6, 6.07) is 8.86. The molecule has 66 valence electrons. The van der Waals surface area contributed by atoms with E-state index in [1.54, 1.807) is 18.4 Å². The Labute approximate surface area is 83.9 Å². The largest absolute Gasteiger partial charge is 0.508 e. The smallest absolute Gasteiger partial charge is 0.169 e. The van der Waals surface area contributed by atoms with Gasteiger partial charge >= 0.3 is 0 Å². The number of rotatable bonds is 1. The van der Waals surface area contributed by atoms with Gasteiger partial charge in [-0.2, -0.15) is 0 Å². The van der Waals surface area contributed by atoms with E-state index in [9.17, 15) is 0 Å². The lowest BCUT2D eigenvalue weighted by Gasteiger charge is -1.95. The van der Waals surface area contributed by atoms with E-state index in [0.717, 1.165) is 11.1 Å². The second-order valence-electron chi connectivity index (χ2n) is 2.69. The Hall–Kier alpha value is -1.22. The Morgan fingerprint density at radius 2 is 1.77 bits per heavy atom. The lowest BCUT2D eigenvalue weighted by molar-refractivity contribution is 0.475. The molecule has 0 saturated carbocycles. The summed E-state index contributed by atoms with van der Waals surface area (Å²) >= 11 is 3.23. The van der Waals surface area contributed by atoms with E-state index < -0.39 is 0 Å². The molecular formula is C10H7BrO2. The number of phenolic OH excluding ortho intramolecular Hbond substituents is 1. The lowest BCUT2D eigenvalue weighted by atomic mass is 10.1. The molecule has 2 nitrogen and oxygen atoms in total. The molecule has 0 spiro atoms. The third-order valence-corrected chi connectivity index (χ3v) is 2.18. The number of halogens is 1. The van der Waals surface area contributed by atoms with Gasteiger partial charge in [0.1, 0.15) is 5.75 Å². The molecule has 0 saturated heterocycles. The highest BCUT2D eigenvalue weighted by atomic mass is 79.9. The number of hydrogen-bond acceptors (Lipinski definition) is 2. The van der Waals surface area contributed by atoms with Crippen LogP contribution in [0.5, 0.6) is 5.75 Å². The third-order valence-electron chi connectivity index (χ3n) is 1.77. The molecule has 0 radical (unpaired) electrons. The van der Waals surface area contributed by atoms with E-state index in [2.05, 4.69) is 15.9 Å². The summed E-state index contributed by atoms with van der Waals surface area (Å²) in [7, 11) is 0. The van der Waals surface area contributed by atoms with E-state index in [0.29, 0.717) is 4.67 Å². The fourth-order valence-electron chi connectivity index (χ4n) is 1.12. The molecule has 0 aliphatic heterocycles. The number of aromatic hydroxyl groups is 1. The predicted octanol–water partition coefficient (Wildman–Crippen LogP) is 3.41. The van der Waals surface area contributed by atoms with Gasteiger partial charge in [0.05, 0.1) is 6.26 Å². The van der Waals surface area contributed by atoms with Crippen LogP contribution >= 0.6 is 15.9 Å². The van der Waals surface area contributed by atoms with Crippen molar-refractivity contribution >= 4 is 15.9 Å². The number of hydrogen-bond donors (Lipinski definition) is 1. The quantitative estimate of drug-likeness (QED) is 0.827. The molecule has 1 aromatic heterocycles. The molecular weight excluding hydrogens is 232 g/mol. The van der Waals surface area contributed by atoms with Crippen LogP contribution in [0.1, 0.15) is 0 Å². The first kappa shape index (κ1) is 8.38. The summed E-state index contributed by atoms with van der Waals surface area (Å²) in [5.74, 6) is 0.270. The van der Waals surface area contributed by atoms with Crippen molar-refractivity contribution in [1.29, 1.82) is 0 Å². The molecule has 0 bridgehead atoms. The summed E-state index contributed by atoms with van der Waals surface area (Å²) in [5, 5.41) is 9.08. The van der Waals surface area contributed by atoms with Crippen LogP contribution in [0.25, 0.3) is 11.1 Å². The highest BCUT2D eigenvalue weighted by Gasteiger charge is 2.01. The molecule has 0 amide bonds. The van der Waals surface area contributed by atoms with Gasteiger partial charge in [-0.1, -0.05) is 12.1 Å². The maximum Gasteiger partial charge on any atom is 0.169 e. The van der Waals surface area contributed by atoms with Gasteiger partial charge in [0.15, 0.2) is 4.67 Å². The fraction of sp³-hybridized carbons (Fsp3) is 0. The average Bonchev–Trinajstić information content (AvgIpc) is 2.53. The van der Waals surface area contributed by atoms with Gasteiger partial charge in [-0.25, -0.2) is 0 Å². The van der Waals surface area contributed by atoms with E-state index in [-0.39, 0.29) is 5.75 Å². The summed E-state index contributed by atoms with van der Waals surface area (Å²) < 4.78 is 5.81. The van der Waals surface area contributed by atoms with Gasteiger partial charge in [-0.3, -0.25) is 0 Å². The zero-order chi connectivity index (χ0) is 9.26. The van der Waals surface area contributed by atoms with Crippen LogP contribution < -0.4 is 0 Å². The Morgan fingerprint density at radius 1 is 1.08 bits per heavy atom. The summed E-state index contributed by atoms with van der Waals surface area (Å²) in [6.45, 7) is 0. The molecule has 2 rings (SSSR count). The van der Waals surface area contributed by atoms with Crippen molar-refractivity contribution < 1.29 is 9.52 Å². The molecule has 1 aromatic carbocycles. The Morgan fingerprint density at radius 3 is 2.31 bits per heavy atom. The van der Waals surface area contributed by atoms with Crippen LogP contribution in [0.4, 0.5) is 0 Å². The highest BCUT2D eigenvalue weighted by molar-refractivity contribution is 9.10. The summed E-state index contributed by atoms with van der Waals surface area (Å²) in [5.41, 5.74) is 2.01. The molecule has 0 aliphatic carbocycles. The van der Waals surface area contributed by atoms with Gasteiger partial charge in [-0.05, 0) is 39.7 Å². The van der Waals surface area contributed by atoms with Crippen molar-refractivity contribution in [2.24, 2.45) is 0 Å². The fourth-order valence-corrected chi connectivity index (χ4v) is 1.46. The van der Waals surface area contributed by atoms with Crippen molar-refractivity contribution in [2.75, 3.05) is 0 Å². The Kier molecular flexibility index (Phi) is 2.10. The van der Waals surface area contributed by atoms with Crippen molar-refractivity contribution in [2.45, 2.75) is 0 Å². The zero-order valence-electron chi connectivity index (χ0n) is 6.70. The zero-order valence-corrected chi connectivity index (χ0v) is 8.28. The predicted molar refractivity (Wildman–Crippen MR) is 53.5 cm³/mol. The van der Waals surface area contributed by atoms with Crippen LogP contribution in [0, 0.1) is 0 Å². The van der Waals surface area contributed by atoms with Gasteiger partial charge < -0.3 is 9.52 Å². The standard InChI is InChI=1S/C10H7BrO2/c11-10-5-8(6-13-10)7-1-3-9(12)4-2-7/h1-6,12H. The Balaban J connectivity index is 2.41. The van der Waals surface area contributed by atoms with E-state index >= 15 is 0 Å². The first-order valence-corrected chi connectivity index (χ1v) is 4.58. The molecule has 0 aliphatic rings. The second-order valence-corrected chi connectivity index (χ2v) is 3.47. The van der Waals surface area contributed by atoms with Crippen LogP contribution in [0.2, 0.25) is 0 Å². The maximum absolute atomic E-state index is 9.08. The molecule has 13 heavy (non-hydrogen) atoms. The summed E-state index contributed by atoms with van der Waals surface area (Å²) in [4.78, 5) is 0. The van der Waals surface area contributed by atoms with Crippen LogP contribution in [-0.2, 0) is 0 Å². The molecule has 1 heterocycles. The highest BCUT2D eigenvalue weighted by Crippen LogP contribution is 2.25. The maximum atomic E-state index is 9.08. The monoisotopic (exact) mass is 238 g/mol. The minimum absolute atomic E-state index is 0.270. The molecule has 0 atom stereocenters. The normalized spacial score (nSPS) is 10.2. The first-order valence-electron chi connectivity index (χ1n) is 3.79. The number of furan rings is 1. The number of phenols is 1.